The first-order valence-electron chi connectivity index (χ1n) is 12.6. The lowest BCUT2D eigenvalue weighted by molar-refractivity contribution is -0.165. The molecule has 1 fully saturated rings. The van der Waals surface area contributed by atoms with Gasteiger partial charge in [0.05, 0.1) is 6.54 Å². The van der Waals surface area contributed by atoms with Crippen molar-refractivity contribution in [3.8, 4) is 0 Å². The standard InChI is InChI=1S/C28H35N5O6/c1-27(2,3)39-26(37)28(24(29)30,31-23(35)21-12-8-5-9-13-21)25(36)33-16-14-32(15-17-33)18-22(34)38-19-20-10-6-4-7-11-20/h4-13H,14-19H2,1-3H3,(H3,29,30)(H,31,35). The van der Waals surface area contributed by atoms with E-state index in [9.17, 15) is 19.2 Å². The van der Waals surface area contributed by atoms with Gasteiger partial charge >= 0.3 is 11.9 Å². The van der Waals surface area contributed by atoms with Gasteiger partial charge in [-0.15, -0.1) is 0 Å². The van der Waals surface area contributed by atoms with Crippen LogP contribution in [0.15, 0.2) is 60.7 Å². The monoisotopic (exact) mass is 537 g/mol. The number of nitrogens with one attached hydrogen (secondary N) is 2. The third kappa shape index (κ3) is 7.64. The number of piperazine rings is 1. The SMILES string of the molecule is CC(C)(C)OC(=O)C(NC(=O)c1ccccc1)(C(=N)N)C(=O)N1CCN(CC(=O)OCc2ccccc2)CC1. The number of carbonyl (C=O) groups excluding carboxylic acids is 4. The Balaban J connectivity index is 1.72. The molecule has 1 unspecified atom stereocenters. The fourth-order valence-electron chi connectivity index (χ4n) is 3.98. The number of nitrogens with zero attached hydrogens (tertiary/aromatic N) is 2. The summed E-state index contributed by atoms with van der Waals surface area (Å²) in [7, 11) is 0. The van der Waals surface area contributed by atoms with Crippen LogP contribution in [-0.4, -0.2) is 83.3 Å². The second-order valence-corrected chi connectivity index (χ2v) is 10.2. The van der Waals surface area contributed by atoms with Crippen LogP contribution < -0.4 is 11.1 Å². The number of rotatable bonds is 9. The molecule has 11 nitrogen and oxygen atoms in total. The molecular weight excluding hydrogens is 502 g/mol. The summed E-state index contributed by atoms with van der Waals surface area (Å²) in [5.41, 5.74) is 3.33. The molecule has 2 aromatic carbocycles. The zero-order chi connectivity index (χ0) is 28.6. The number of carbonyl (C=O) groups is 4. The molecule has 1 aliphatic rings. The molecule has 0 radical (unpaired) electrons. The zero-order valence-electron chi connectivity index (χ0n) is 22.4. The van der Waals surface area contributed by atoms with Crippen molar-refractivity contribution in [3.63, 3.8) is 0 Å². The number of ether oxygens (including phenoxy) is 2. The smallest absolute Gasteiger partial charge is 0.350 e. The summed E-state index contributed by atoms with van der Waals surface area (Å²) >= 11 is 0. The van der Waals surface area contributed by atoms with E-state index in [1.165, 1.54) is 17.0 Å². The maximum atomic E-state index is 13.8. The Morgan fingerprint density at radius 1 is 0.923 bits per heavy atom. The Bertz CT molecular complexity index is 1190. The summed E-state index contributed by atoms with van der Waals surface area (Å²) in [6, 6.07) is 17.3. The van der Waals surface area contributed by atoms with Crippen molar-refractivity contribution in [2.45, 2.75) is 38.5 Å². The summed E-state index contributed by atoms with van der Waals surface area (Å²) in [4.78, 5) is 55.8. The Kier molecular flexibility index (Phi) is 9.42. The normalized spacial score (nSPS) is 15.5. The highest BCUT2D eigenvalue weighted by Crippen LogP contribution is 2.20. The van der Waals surface area contributed by atoms with Crippen molar-refractivity contribution in [2.75, 3.05) is 32.7 Å². The maximum Gasteiger partial charge on any atom is 0.350 e. The summed E-state index contributed by atoms with van der Waals surface area (Å²) in [5.74, 6) is -4.05. The Morgan fingerprint density at radius 2 is 1.49 bits per heavy atom. The Hall–Kier alpha value is -4.25. The third-order valence-corrected chi connectivity index (χ3v) is 6.02. The molecule has 11 heteroatoms. The van der Waals surface area contributed by atoms with Crippen molar-refractivity contribution in [2.24, 2.45) is 5.73 Å². The molecule has 0 bridgehead atoms. The number of benzene rings is 2. The van der Waals surface area contributed by atoms with Gasteiger partial charge in [-0.1, -0.05) is 48.5 Å². The van der Waals surface area contributed by atoms with Gasteiger partial charge in [0.15, 0.2) is 0 Å². The third-order valence-electron chi connectivity index (χ3n) is 6.02. The highest BCUT2D eigenvalue weighted by atomic mass is 16.6. The molecule has 0 aromatic heterocycles. The summed E-state index contributed by atoms with van der Waals surface area (Å²) in [6.45, 7) is 5.88. The second kappa shape index (κ2) is 12.5. The topological polar surface area (TPSA) is 155 Å². The van der Waals surface area contributed by atoms with Gasteiger partial charge in [-0.05, 0) is 38.5 Å². The van der Waals surface area contributed by atoms with E-state index in [0.717, 1.165) is 5.56 Å². The first kappa shape index (κ1) is 29.3. The van der Waals surface area contributed by atoms with E-state index in [1.807, 2.05) is 35.2 Å². The highest BCUT2D eigenvalue weighted by molar-refractivity contribution is 6.29. The molecule has 39 heavy (non-hydrogen) atoms. The molecular formula is C28H35N5O6. The van der Waals surface area contributed by atoms with Gasteiger partial charge in [-0.2, -0.15) is 0 Å². The number of nitrogens with two attached hydrogens (primary N) is 1. The molecule has 0 aliphatic carbocycles. The predicted octanol–water partition coefficient (Wildman–Crippen LogP) is 1.32. The molecule has 1 atom stereocenters. The summed E-state index contributed by atoms with van der Waals surface area (Å²) in [6.07, 6.45) is 0. The van der Waals surface area contributed by atoms with E-state index in [0.29, 0.717) is 13.1 Å². The van der Waals surface area contributed by atoms with Gasteiger partial charge in [-0.3, -0.25) is 24.7 Å². The van der Waals surface area contributed by atoms with Crippen LogP contribution in [0.3, 0.4) is 0 Å². The van der Waals surface area contributed by atoms with Crippen LogP contribution in [0.5, 0.6) is 0 Å². The zero-order valence-corrected chi connectivity index (χ0v) is 22.4. The van der Waals surface area contributed by atoms with Gasteiger partial charge in [0.2, 0.25) is 0 Å². The average Bonchev–Trinajstić information content (AvgIpc) is 2.90. The van der Waals surface area contributed by atoms with Gasteiger partial charge in [0.1, 0.15) is 18.0 Å². The van der Waals surface area contributed by atoms with Crippen molar-refractivity contribution in [1.82, 2.24) is 15.1 Å². The van der Waals surface area contributed by atoms with Crippen LogP contribution in [0.2, 0.25) is 0 Å². The predicted molar refractivity (Wildman–Crippen MR) is 144 cm³/mol. The van der Waals surface area contributed by atoms with Crippen molar-refractivity contribution < 1.29 is 28.7 Å². The molecule has 1 heterocycles. The fraction of sp³-hybridized carbons (Fsp3) is 0.393. The number of amidine groups is 1. The van der Waals surface area contributed by atoms with E-state index in [1.54, 1.807) is 39.0 Å². The lowest BCUT2D eigenvalue weighted by Crippen LogP contribution is -2.72. The Morgan fingerprint density at radius 3 is 2.03 bits per heavy atom. The number of esters is 2. The van der Waals surface area contributed by atoms with Crippen LogP contribution in [-0.2, 0) is 30.5 Å². The molecule has 2 amide bonds. The van der Waals surface area contributed by atoms with Crippen LogP contribution in [0.4, 0.5) is 0 Å². The summed E-state index contributed by atoms with van der Waals surface area (Å²) in [5, 5.41) is 10.6. The van der Waals surface area contributed by atoms with Crippen LogP contribution >= 0.6 is 0 Å². The van der Waals surface area contributed by atoms with E-state index in [-0.39, 0.29) is 31.8 Å². The second-order valence-electron chi connectivity index (χ2n) is 10.2. The fourth-order valence-corrected chi connectivity index (χ4v) is 3.98. The molecule has 1 saturated heterocycles. The van der Waals surface area contributed by atoms with Gasteiger partial charge < -0.3 is 25.4 Å². The minimum Gasteiger partial charge on any atom is -0.460 e. The van der Waals surface area contributed by atoms with Gasteiger partial charge in [-0.25, -0.2) is 4.79 Å². The van der Waals surface area contributed by atoms with Crippen molar-refractivity contribution in [1.29, 1.82) is 5.41 Å². The maximum absolute atomic E-state index is 13.8. The quantitative estimate of drug-likeness (QED) is 0.187. The lowest BCUT2D eigenvalue weighted by atomic mass is 9.94. The first-order valence-corrected chi connectivity index (χ1v) is 12.6. The van der Waals surface area contributed by atoms with Gasteiger partial charge in [0.25, 0.3) is 17.4 Å². The van der Waals surface area contributed by atoms with E-state index in [2.05, 4.69) is 5.32 Å². The first-order chi connectivity index (χ1) is 18.4. The molecule has 208 valence electrons. The van der Waals surface area contributed by atoms with E-state index >= 15 is 0 Å². The lowest BCUT2D eigenvalue weighted by Gasteiger charge is -2.40. The minimum atomic E-state index is -2.56. The van der Waals surface area contributed by atoms with Crippen LogP contribution in [0.1, 0.15) is 36.7 Å². The number of hydrogen-bond donors (Lipinski definition) is 3. The average molecular weight is 538 g/mol. The molecule has 3 rings (SSSR count). The van der Waals surface area contributed by atoms with E-state index < -0.39 is 40.7 Å². The van der Waals surface area contributed by atoms with Crippen LogP contribution in [0, 0.1) is 5.41 Å². The van der Waals surface area contributed by atoms with Crippen molar-refractivity contribution in [3.05, 3.63) is 71.8 Å². The molecule has 2 aromatic rings. The largest absolute Gasteiger partial charge is 0.460 e. The number of hydrogen-bond acceptors (Lipinski definition) is 8. The molecule has 0 saturated carbocycles. The summed E-state index contributed by atoms with van der Waals surface area (Å²) < 4.78 is 10.8. The highest BCUT2D eigenvalue weighted by Gasteiger charge is 2.55. The number of amides is 2. The van der Waals surface area contributed by atoms with Crippen LogP contribution in [0.25, 0.3) is 0 Å². The molecule has 4 N–H and O–H groups in total. The minimum absolute atomic E-state index is 0.0313. The molecule has 0 spiro atoms. The Labute approximate surface area is 227 Å². The molecule has 1 aliphatic heterocycles. The van der Waals surface area contributed by atoms with E-state index in [4.69, 9.17) is 20.6 Å². The van der Waals surface area contributed by atoms with Gasteiger partial charge in [0, 0.05) is 31.7 Å². The van der Waals surface area contributed by atoms with Crippen molar-refractivity contribution >= 4 is 29.6 Å².